The summed E-state index contributed by atoms with van der Waals surface area (Å²) in [6.07, 6.45) is -1.78. The van der Waals surface area contributed by atoms with E-state index in [1.54, 1.807) is 30.5 Å². The molecule has 11 heteroatoms. The van der Waals surface area contributed by atoms with E-state index in [0.29, 0.717) is 21.3 Å². The van der Waals surface area contributed by atoms with E-state index in [1.165, 1.54) is 10.6 Å². The molecule has 0 N–H and O–H groups in total. The minimum absolute atomic E-state index is 0.119. The Morgan fingerprint density at radius 2 is 1.43 bits per heavy atom. The van der Waals surface area contributed by atoms with Crippen molar-refractivity contribution in [1.29, 1.82) is 0 Å². The highest BCUT2D eigenvalue weighted by molar-refractivity contribution is 6.31. The van der Waals surface area contributed by atoms with Crippen LogP contribution in [0, 0.1) is 0 Å². The molecule has 5 rings (SSSR count). The van der Waals surface area contributed by atoms with Crippen LogP contribution in [0.15, 0.2) is 77.9 Å². The largest absolute Gasteiger partial charge is 0.417 e. The summed E-state index contributed by atoms with van der Waals surface area (Å²) < 4.78 is 39.5. The van der Waals surface area contributed by atoms with Gasteiger partial charge >= 0.3 is 6.18 Å². The molecule has 0 bridgehead atoms. The van der Waals surface area contributed by atoms with Gasteiger partial charge in [-0.15, -0.1) is 10.2 Å². The van der Waals surface area contributed by atoms with E-state index in [2.05, 4.69) is 20.3 Å². The van der Waals surface area contributed by atoms with Crippen molar-refractivity contribution in [3.8, 4) is 22.3 Å². The third-order valence-corrected chi connectivity index (χ3v) is 6.26. The molecule has 0 amide bonds. The van der Waals surface area contributed by atoms with Crippen LogP contribution in [-0.4, -0.2) is 24.8 Å². The number of benzene rings is 2. The summed E-state index contributed by atoms with van der Waals surface area (Å²) >= 11 is 12.1. The van der Waals surface area contributed by atoms with E-state index >= 15 is 0 Å². The molecule has 0 atom stereocenters. The van der Waals surface area contributed by atoms with Gasteiger partial charge in [-0.25, -0.2) is 0 Å². The van der Waals surface area contributed by atoms with Gasteiger partial charge in [-0.2, -0.15) is 22.8 Å². The van der Waals surface area contributed by atoms with Gasteiger partial charge in [-0.05, 0) is 53.9 Å². The summed E-state index contributed by atoms with van der Waals surface area (Å²) in [5, 5.41) is 13.9. The van der Waals surface area contributed by atoms with E-state index in [-0.39, 0.29) is 24.2 Å². The molecule has 0 aliphatic heterocycles. The zero-order chi connectivity index (χ0) is 26.2. The van der Waals surface area contributed by atoms with Crippen LogP contribution < -0.4 is 5.56 Å². The second-order valence-electron chi connectivity index (χ2n) is 8.17. The van der Waals surface area contributed by atoms with Crippen LogP contribution >= 0.6 is 23.2 Å². The van der Waals surface area contributed by atoms with Crippen molar-refractivity contribution in [2.75, 3.05) is 0 Å². The molecule has 0 fully saturated rings. The lowest BCUT2D eigenvalue weighted by Crippen LogP contribution is -2.25. The average Bonchev–Trinajstić information content (AvgIpc) is 2.88. The molecule has 186 valence electrons. The molecule has 2 aromatic carbocycles. The van der Waals surface area contributed by atoms with Crippen LogP contribution in [0.3, 0.4) is 0 Å². The fourth-order valence-corrected chi connectivity index (χ4v) is 4.12. The summed E-state index contributed by atoms with van der Waals surface area (Å²) in [5.74, 6) is 0. The molecule has 0 radical (unpaired) electrons. The summed E-state index contributed by atoms with van der Waals surface area (Å²) in [6.45, 7) is 0. The highest BCUT2D eigenvalue weighted by Gasteiger charge is 2.30. The molecule has 37 heavy (non-hydrogen) atoms. The Kier molecular flexibility index (Phi) is 6.66. The number of rotatable bonds is 5. The molecule has 0 unspecified atom stereocenters. The van der Waals surface area contributed by atoms with Crippen molar-refractivity contribution >= 4 is 28.8 Å². The highest BCUT2D eigenvalue weighted by Crippen LogP contribution is 2.35. The monoisotopic (exact) mass is 541 g/mol. The van der Waals surface area contributed by atoms with Gasteiger partial charge in [0.2, 0.25) is 0 Å². The number of aromatic nitrogens is 5. The second kappa shape index (κ2) is 9.91. The van der Waals surface area contributed by atoms with Crippen LogP contribution in [0.1, 0.15) is 17.0 Å². The second-order valence-corrected chi connectivity index (χ2v) is 9.04. The van der Waals surface area contributed by atoms with Gasteiger partial charge in [0.15, 0.2) is 5.65 Å². The molecule has 3 aromatic heterocycles. The number of halogens is 5. The first-order valence-corrected chi connectivity index (χ1v) is 11.8. The first kappa shape index (κ1) is 24.9. The molecule has 0 saturated carbocycles. The lowest BCUT2D eigenvalue weighted by Gasteiger charge is -2.13. The molecule has 3 heterocycles. The molecule has 5 aromatic rings. The van der Waals surface area contributed by atoms with Crippen LogP contribution in [0.4, 0.5) is 13.2 Å². The Bertz CT molecular complexity index is 1640. The normalized spacial score (nSPS) is 11.7. The number of hydrogen-bond acceptors (Lipinski definition) is 5. The predicted octanol–water partition coefficient (Wildman–Crippen LogP) is 6.32. The summed E-state index contributed by atoms with van der Waals surface area (Å²) in [7, 11) is 0. The fraction of sp³-hybridized carbons (Fsp3) is 0.115. The van der Waals surface area contributed by atoms with Crippen LogP contribution in [0.2, 0.25) is 10.0 Å². The maximum absolute atomic E-state index is 13.3. The summed E-state index contributed by atoms with van der Waals surface area (Å²) in [4.78, 5) is 17.1. The van der Waals surface area contributed by atoms with Crippen molar-refractivity contribution in [1.82, 2.24) is 24.8 Å². The van der Waals surface area contributed by atoms with Gasteiger partial charge in [0.05, 0.1) is 11.8 Å². The number of hydrogen-bond donors (Lipinski definition) is 0. The van der Waals surface area contributed by atoms with Crippen molar-refractivity contribution in [3.05, 3.63) is 110 Å². The number of aryl methyl sites for hydroxylation is 2. The quantitative estimate of drug-likeness (QED) is 0.260. The third kappa shape index (κ3) is 5.19. The maximum Gasteiger partial charge on any atom is 0.417 e. The highest BCUT2D eigenvalue weighted by atomic mass is 35.5. The number of fused-ring (bicyclic) bond motifs is 1. The van der Waals surface area contributed by atoms with Gasteiger partial charge in [0.1, 0.15) is 5.69 Å². The van der Waals surface area contributed by atoms with E-state index in [0.717, 1.165) is 29.0 Å². The Hall–Kier alpha value is -3.82. The molecule has 0 aliphatic rings. The number of pyridine rings is 1. The standard InChI is InChI=1S/C26H16Cl2F3N5O/c27-18-6-1-15(2-7-18)21-14-33-36-24(23(21)16-3-8-19(28)9-4-16)35-34-22(25(36)37)12-11-20-10-5-17(13-32-20)26(29,30)31/h1-10,13-14H,11-12H2. The van der Waals surface area contributed by atoms with Gasteiger partial charge < -0.3 is 0 Å². The summed E-state index contributed by atoms with van der Waals surface area (Å²) in [6, 6.07) is 16.5. The Balaban J connectivity index is 1.55. The molecule has 6 nitrogen and oxygen atoms in total. The summed E-state index contributed by atoms with van der Waals surface area (Å²) in [5.41, 5.74) is 2.37. The topological polar surface area (TPSA) is 73.0 Å². The first-order valence-electron chi connectivity index (χ1n) is 11.0. The van der Waals surface area contributed by atoms with E-state index in [4.69, 9.17) is 23.2 Å². The lowest BCUT2D eigenvalue weighted by atomic mass is 9.97. The van der Waals surface area contributed by atoms with E-state index in [1.807, 2.05) is 24.3 Å². The zero-order valence-electron chi connectivity index (χ0n) is 18.9. The number of nitrogens with zero attached hydrogens (tertiary/aromatic N) is 5. The van der Waals surface area contributed by atoms with Crippen molar-refractivity contribution in [2.24, 2.45) is 0 Å². The zero-order valence-corrected chi connectivity index (χ0v) is 20.4. The predicted molar refractivity (Wildman–Crippen MR) is 135 cm³/mol. The SMILES string of the molecule is O=c1c(CCc2ccc(C(F)(F)F)cn2)nnc2c(-c3ccc(Cl)cc3)c(-c3ccc(Cl)cc3)cnn12. The molecule has 0 saturated heterocycles. The van der Waals surface area contributed by atoms with Crippen LogP contribution in [0.25, 0.3) is 27.9 Å². The van der Waals surface area contributed by atoms with Gasteiger partial charge in [0, 0.05) is 39.5 Å². The van der Waals surface area contributed by atoms with Crippen LogP contribution in [0.5, 0.6) is 0 Å². The van der Waals surface area contributed by atoms with E-state index in [9.17, 15) is 18.0 Å². The Labute approximate surface area is 218 Å². The molecular weight excluding hydrogens is 526 g/mol. The first-order chi connectivity index (χ1) is 17.7. The van der Waals surface area contributed by atoms with Gasteiger partial charge in [-0.3, -0.25) is 9.78 Å². The minimum atomic E-state index is -4.47. The smallest absolute Gasteiger partial charge is 0.265 e. The van der Waals surface area contributed by atoms with Crippen molar-refractivity contribution in [3.63, 3.8) is 0 Å². The van der Waals surface area contributed by atoms with Crippen molar-refractivity contribution < 1.29 is 13.2 Å². The Morgan fingerprint density at radius 3 is 2.03 bits per heavy atom. The molecule has 0 aliphatic carbocycles. The fourth-order valence-electron chi connectivity index (χ4n) is 3.87. The van der Waals surface area contributed by atoms with Gasteiger partial charge in [0.25, 0.3) is 5.56 Å². The van der Waals surface area contributed by atoms with Gasteiger partial charge in [-0.1, -0.05) is 47.5 Å². The molecular formula is C26H16Cl2F3N5O. The minimum Gasteiger partial charge on any atom is -0.265 e. The van der Waals surface area contributed by atoms with Crippen LogP contribution in [-0.2, 0) is 19.0 Å². The average molecular weight is 542 g/mol. The number of alkyl halides is 3. The van der Waals surface area contributed by atoms with E-state index < -0.39 is 17.3 Å². The maximum atomic E-state index is 13.3. The third-order valence-electron chi connectivity index (χ3n) is 5.76. The molecule has 0 spiro atoms. The Morgan fingerprint density at radius 1 is 0.784 bits per heavy atom. The lowest BCUT2D eigenvalue weighted by molar-refractivity contribution is -0.137. The van der Waals surface area contributed by atoms with Crippen molar-refractivity contribution in [2.45, 2.75) is 19.0 Å².